The molecular weight excluding hydrogens is 344 g/mol. The van der Waals surface area contributed by atoms with Crippen molar-refractivity contribution in [2.75, 3.05) is 0 Å². The van der Waals surface area contributed by atoms with Gasteiger partial charge in [-0.05, 0) is 6.42 Å². The van der Waals surface area contributed by atoms with Gasteiger partial charge < -0.3 is 9.13 Å². The molecule has 0 atom stereocenters. The molecule has 0 aromatic carbocycles. The lowest BCUT2D eigenvalue weighted by molar-refractivity contribution is -0.118. The first-order valence-corrected chi connectivity index (χ1v) is 8.56. The molecule has 10 heteroatoms. The Balaban J connectivity index is 1.79. The summed E-state index contributed by atoms with van der Waals surface area (Å²) >= 11 is 1.40. The van der Waals surface area contributed by atoms with Crippen LogP contribution in [0, 0.1) is 0 Å². The maximum absolute atomic E-state index is 12.3. The number of nitrogens with zero attached hydrogens (tertiary/aromatic N) is 6. The fraction of sp³-hybridized carbons (Fsp3) is 0.400. The van der Waals surface area contributed by atoms with E-state index in [2.05, 4.69) is 9.98 Å². The van der Waals surface area contributed by atoms with E-state index in [1.54, 1.807) is 16.2 Å². The predicted molar refractivity (Wildman–Crippen MR) is 93.3 cm³/mol. The number of aryl methyl sites for hydroxylation is 3. The lowest BCUT2D eigenvalue weighted by atomic mass is 10.3. The quantitative estimate of drug-likeness (QED) is 0.639. The molecular formula is C15H18N6O3S. The smallest absolute Gasteiger partial charge is 0.327 e. The van der Waals surface area contributed by atoms with Gasteiger partial charge in [0.15, 0.2) is 16.0 Å². The van der Waals surface area contributed by atoms with Crippen LogP contribution in [-0.2, 0) is 32.5 Å². The second-order valence-corrected chi connectivity index (χ2v) is 6.59. The Bertz CT molecular complexity index is 1130. The highest BCUT2D eigenvalue weighted by molar-refractivity contribution is 7.07. The van der Waals surface area contributed by atoms with Crippen molar-refractivity contribution in [1.82, 2.24) is 23.3 Å². The Hall–Kier alpha value is -2.75. The first-order valence-electron chi connectivity index (χ1n) is 7.68. The number of hydrogen-bond donors (Lipinski definition) is 0. The molecule has 0 aliphatic carbocycles. The van der Waals surface area contributed by atoms with E-state index in [1.165, 1.54) is 29.3 Å². The molecule has 0 aliphatic heterocycles. The molecule has 3 aromatic rings. The van der Waals surface area contributed by atoms with E-state index in [0.29, 0.717) is 28.9 Å². The lowest BCUT2D eigenvalue weighted by Crippen LogP contribution is -2.37. The van der Waals surface area contributed by atoms with Crippen LogP contribution in [0.25, 0.3) is 11.2 Å². The van der Waals surface area contributed by atoms with Crippen molar-refractivity contribution < 1.29 is 4.79 Å². The predicted octanol–water partition coefficient (Wildman–Crippen LogP) is -0.259. The van der Waals surface area contributed by atoms with E-state index in [-0.39, 0.29) is 12.3 Å². The number of amides is 1. The molecule has 0 radical (unpaired) electrons. The van der Waals surface area contributed by atoms with Crippen molar-refractivity contribution in [3.63, 3.8) is 0 Å². The summed E-state index contributed by atoms with van der Waals surface area (Å²) in [5.74, 6) is -0.206. The minimum atomic E-state index is -0.416. The molecule has 0 spiro atoms. The van der Waals surface area contributed by atoms with Gasteiger partial charge in [0.2, 0.25) is 5.91 Å². The van der Waals surface area contributed by atoms with Gasteiger partial charge in [-0.2, -0.15) is 4.99 Å². The van der Waals surface area contributed by atoms with Gasteiger partial charge in [-0.15, -0.1) is 11.3 Å². The largest absolute Gasteiger partial charge is 0.332 e. The molecule has 3 rings (SSSR count). The number of fused-ring (bicyclic) bond motifs is 1. The summed E-state index contributed by atoms with van der Waals surface area (Å²) < 4.78 is 5.86. The molecule has 132 valence electrons. The maximum atomic E-state index is 12.3. The van der Waals surface area contributed by atoms with Gasteiger partial charge in [0.25, 0.3) is 5.56 Å². The minimum absolute atomic E-state index is 0.206. The summed E-state index contributed by atoms with van der Waals surface area (Å²) in [6, 6.07) is 0. The molecule has 0 bridgehead atoms. The van der Waals surface area contributed by atoms with Gasteiger partial charge in [0, 0.05) is 45.7 Å². The molecule has 3 heterocycles. The number of imidazole rings is 1. The molecule has 0 aliphatic rings. The highest BCUT2D eigenvalue weighted by Gasteiger charge is 2.14. The van der Waals surface area contributed by atoms with Crippen molar-refractivity contribution in [3.8, 4) is 0 Å². The third-order valence-electron chi connectivity index (χ3n) is 3.99. The van der Waals surface area contributed by atoms with Crippen molar-refractivity contribution in [2.24, 2.45) is 26.1 Å². The van der Waals surface area contributed by atoms with Crippen molar-refractivity contribution in [3.05, 3.63) is 43.5 Å². The Kier molecular flexibility index (Phi) is 4.53. The van der Waals surface area contributed by atoms with Crippen LogP contribution in [-0.4, -0.2) is 29.2 Å². The van der Waals surface area contributed by atoms with Gasteiger partial charge in [-0.1, -0.05) is 0 Å². The molecule has 3 aromatic heterocycles. The number of aromatic nitrogens is 5. The van der Waals surface area contributed by atoms with Gasteiger partial charge >= 0.3 is 5.69 Å². The maximum Gasteiger partial charge on any atom is 0.332 e. The fourth-order valence-corrected chi connectivity index (χ4v) is 3.31. The number of rotatable bonds is 4. The number of hydrogen-bond acceptors (Lipinski definition) is 5. The first kappa shape index (κ1) is 17.1. The Labute approximate surface area is 146 Å². The molecule has 0 N–H and O–H groups in total. The third-order valence-corrected chi connectivity index (χ3v) is 4.83. The van der Waals surface area contributed by atoms with Crippen LogP contribution in [0.2, 0.25) is 0 Å². The lowest BCUT2D eigenvalue weighted by Gasteiger charge is -2.06. The van der Waals surface area contributed by atoms with Gasteiger partial charge in [0.1, 0.15) is 0 Å². The van der Waals surface area contributed by atoms with Crippen molar-refractivity contribution in [1.29, 1.82) is 0 Å². The third kappa shape index (κ3) is 3.12. The number of thiazole rings is 1. The van der Waals surface area contributed by atoms with E-state index in [4.69, 9.17) is 0 Å². The summed E-state index contributed by atoms with van der Waals surface area (Å²) in [5.41, 5.74) is -0.105. The van der Waals surface area contributed by atoms with E-state index in [1.807, 2.05) is 18.6 Å². The topological polar surface area (TPSA) is 96.2 Å². The standard InChI is InChI=1S/C15H18N6O3S/c1-18-7-8-25-14(18)17-10(22)5-4-6-21-9-16-12-11(21)13(23)20(3)15(24)19(12)2/h7-9H,4-6H2,1-3H3. The average Bonchev–Trinajstić information content (AvgIpc) is 3.18. The van der Waals surface area contributed by atoms with E-state index in [0.717, 1.165) is 4.57 Å². The molecule has 0 fully saturated rings. The zero-order valence-corrected chi connectivity index (χ0v) is 15.0. The summed E-state index contributed by atoms with van der Waals surface area (Å²) in [6.45, 7) is 0.446. The van der Waals surface area contributed by atoms with Gasteiger partial charge in [-0.3, -0.25) is 18.7 Å². The molecule has 0 saturated carbocycles. The Morgan fingerprint density at radius 1 is 1.24 bits per heavy atom. The van der Waals surface area contributed by atoms with E-state index in [9.17, 15) is 14.4 Å². The zero-order valence-electron chi connectivity index (χ0n) is 14.2. The highest BCUT2D eigenvalue weighted by atomic mass is 32.1. The van der Waals surface area contributed by atoms with E-state index < -0.39 is 11.2 Å². The van der Waals surface area contributed by atoms with Gasteiger partial charge in [-0.25, -0.2) is 9.78 Å². The monoisotopic (exact) mass is 362 g/mol. The van der Waals surface area contributed by atoms with Crippen LogP contribution in [0.3, 0.4) is 0 Å². The SMILES string of the molecule is Cn1ccsc1=NC(=O)CCCn1cnc2c1c(=O)n(C)c(=O)n2C. The minimum Gasteiger partial charge on any atom is -0.327 e. The van der Waals surface area contributed by atoms with Crippen LogP contribution in [0.4, 0.5) is 0 Å². The Morgan fingerprint density at radius 2 is 2.00 bits per heavy atom. The first-order chi connectivity index (χ1) is 11.9. The summed E-state index contributed by atoms with van der Waals surface area (Å²) in [5, 5.41) is 1.86. The second-order valence-electron chi connectivity index (χ2n) is 5.72. The van der Waals surface area contributed by atoms with Crippen LogP contribution in [0.15, 0.2) is 32.5 Å². The second kappa shape index (κ2) is 6.63. The van der Waals surface area contributed by atoms with Crippen LogP contribution < -0.4 is 16.1 Å². The zero-order chi connectivity index (χ0) is 18.1. The molecule has 0 saturated heterocycles. The van der Waals surface area contributed by atoms with Crippen LogP contribution in [0.5, 0.6) is 0 Å². The molecule has 9 nitrogen and oxygen atoms in total. The highest BCUT2D eigenvalue weighted by Crippen LogP contribution is 2.07. The van der Waals surface area contributed by atoms with Crippen molar-refractivity contribution in [2.45, 2.75) is 19.4 Å². The van der Waals surface area contributed by atoms with Gasteiger partial charge in [0.05, 0.1) is 6.33 Å². The van der Waals surface area contributed by atoms with Crippen LogP contribution in [0.1, 0.15) is 12.8 Å². The average molecular weight is 362 g/mol. The summed E-state index contributed by atoms with van der Waals surface area (Å²) in [7, 11) is 4.84. The van der Waals surface area contributed by atoms with E-state index >= 15 is 0 Å². The number of carbonyl (C=O) groups is 1. The molecule has 1 amide bonds. The normalized spacial score (nSPS) is 12.2. The summed E-state index contributed by atoms with van der Waals surface area (Å²) in [4.78, 5) is 45.1. The summed E-state index contributed by atoms with van der Waals surface area (Å²) in [6.07, 6.45) is 4.15. The fourth-order valence-electron chi connectivity index (χ4n) is 2.56. The molecule has 25 heavy (non-hydrogen) atoms. The van der Waals surface area contributed by atoms with Crippen molar-refractivity contribution >= 4 is 28.4 Å². The van der Waals surface area contributed by atoms with Crippen LogP contribution >= 0.6 is 11.3 Å². The Morgan fingerprint density at radius 3 is 2.68 bits per heavy atom. The number of carbonyl (C=O) groups excluding carboxylic acids is 1. The molecule has 0 unspecified atom stereocenters.